The van der Waals surface area contributed by atoms with E-state index in [0.717, 1.165) is 17.7 Å². The van der Waals surface area contributed by atoms with Crippen molar-refractivity contribution in [3.63, 3.8) is 0 Å². The van der Waals surface area contributed by atoms with E-state index in [2.05, 4.69) is 21.6 Å². The number of rotatable bonds is 5. The van der Waals surface area contributed by atoms with Crippen LogP contribution in [0.25, 0.3) is 17.3 Å². The van der Waals surface area contributed by atoms with Gasteiger partial charge < -0.3 is 0 Å². The van der Waals surface area contributed by atoms with Crippen LogP contribution in [0.2, 0.25) is 0 Å². The number of hydrazone groups is 1. The number of nitrogens with one attached hydrogen (secondary N) is 1. The minimum atomic E-state index is -4.36. The van der Waals surface area contributed by atoms with Crippen molar-refractivity contribution in [2.75, 3.05) is 5.43 Å². The summed E-state index contributed by atoms with van der Waals surface area (Å²) in [5.41, 5.74) is 4.70. The number of aromatic nitrogens is 1. The fourth-order valence-electron chi connectivity index (χ4n) is 2.29. The van der Waals surface area contributed by atoms with Gasteiger partial charge in [-0.2, -0.15) is 23.5 Å². The van der Waals surface area contributed by atoms with Gasteiger partial charge in [0.2, 0.25) is 5.13 Å². The maximum Gasteiger partial charge on any atom is 0.416 e. The van der Waals surface area contributed by atoms with Crippen LogP contribution >= 0.6 is 11.3 Å². The van der Waals surface area contributed by atoms with Crippen molar-refractivity contribution in [2.24, 2.45) is 5.10 Å². The normalized spacial score (nSPS) is 11.8. The molecule has 2 aromatic carbocycles. The van der Waals surface area contributed by atoms with Crippen LogP contribution in [-0.2, 0) is 6.18 Å². The van der Waals surface area contributed by atoms with Gasteiger partial charge in [-0.1, -0.05) is 30.3 Å². The molecule has 0 unspecified atom stereocenters. The number of alkyl halides is 3. The average Bonchev–Trinajstić information content (AvgIpc) is 3.16. The van der Waals surface area contributed by atoms with Crippen LogP contribution < -0.4 is 5.43 Å². The van der Waals surface area contributed by atoms with Gasteiger partial charge in [-0.05, 0) is 35.9 Å². The third-order valence-corrected chi connectivity index (χ3v) is 4.38. The summed E-state index contributed by atoms with van der Waals surface area (Å²) >= 11 is 1.30. The summed E-state index contributed by atoms with van der Waals surface area (Å²) in [7, 11) is 0. The Hall–Kier alpha value is -3.44. The van der Waals surface area contributed by atoms with E-state index in [1.54, 1.807) is 29.7 Å². The Labute approximate surface area is 163 Å². The minimum absolute atomic E-state index is 0.519. The third kappa shape index (κ3) is 5.05. The van der Waals surface area contributed by atoms with Crippen LogP contribution in [0.4, 0.5) is 18.3 Å². The molecule has 1 heterocycles. The molecule has 3 rings (SSSR count). The van der Waals surface area contributed by atoms with Crippen molar-refractivity contribution in [3.8, 4) is 17.3 Å². The fourth-order valence-corrected chi connectivity index (χ4v) is 2.96. The lowest BCUT2D eigenvalue weighted by Crippen LogP contribution is -2.03. The molecule has 0 aliphatic rings. The van der Waals surface area contributed by atoms with Gasteiger partial charge in [-0.25, -0.2) is 4.98 Å². The molecule has 0 saturated heterocycles. The van der Waals surface area contributed by atoms with E-state index in [9.17, 15) is 13.2 Å². The Balaban J connectivity index is 1.59. The molecule has 8 heteroatoms. The van der Waals surface area contributed by atoms with Crippen LogP contribution in [0, 0.1) is 11.3 Å². The predicted octanol–water partition coefficient (Wildman–Crippen LogP) is 5.81. The fraction of sp³-hybridized carbons (Fsp3) is 0.0500. The second-order valence-electron chi connectivity index (χ2n) is 5.60. The standard InChI is InChI=1S/C20H13F3N4S/c21-20(22,23)17-8-6-16(7-9-17)18-13-28-19(26-18)27-25-10-2-5-14-3-1-4-15(11-14)12-24/h1-11,13H,(H,26,27)/b5-2+,25-10+. The molecule has 4 nitrogen and oxygen atoms in total. The zero-order chi connectivity index (χ0) is 20.0. The molecule has 1 aromatic heterocycles. The number of anilines is 1. The zero-order valence-electron chi connectivity index (χ0n) is 14.3. The molecule has 0 saturated carbocycles. The van der Waals surface area contributed by atoms with E-state index in [-0.39, 0.29) is 0 Å². The Morgan fingerprint density at radius 3 is 2.64 bits per heavy atom. The number of allylic oxidation sites excluding steroid dienone is 1. The number of benzene rings is 2. The Morgan fingerprint density at radius 2 is 1.93 bits per heavy atom. The first-order chi connectivity index (χ1) is 13.5. The van der Waals surface area contributed by atoms with Gasteiger partial charge in [-0.15, -0.1) is 11.3 Å². The highest BCUT2D eigenvalue weighted by molar-refractivity contribution is 7.14. The molecule has 0 amide bonds. The summed E-state index contributed by atoms with van der Waals surface area (Å²) in [5.74, 6) is 0. The highest BCUT2D eigenvalue weighted by Gasteiger charge is 2.30. The largest absolute Gasteiger partial charge is 0.416 e. The summed E-state index contributed by atoms with van der Waals surface area (Å²) < 4.78 is 37.8. The molecule has 140 valence electrons. The van der Waals surface area contributed by atoms with E-state index in [0.29, 0.717) is 22.0 Å². The number of nitrogens with zero attached hydrogens (tertiary/aromatic N) is 3. The maximum atomic E-state index is 12.6. The van der Waals surface area contributed by atoms with Gasteiger partial charge in [-0.3, -0.25) is 5.43 Å². The van der Waals surface area contributed by atoms with Crippen molar-refractivity contribution in [2.45, 2.75) is 6.18 Å². The summed E-state index contributed by atoms with van der Waals surface area (Å²) in [6.45, 7) is 0. The second kappa shape index (κ2) is 8.50. The lowest BCUT2D eigenvalue weighted by Gasteiger charge is -2.06. The lowest BCUT2D eigenvalue weighted by atomic mass is 10.1. The SMILES string of the molecule is N#Cc1cccc(/C=C/C=N/Nc2nc(-c3ccc(C(F)(F)F)cc3)cs2)c1. The van der Waals surface area contributed by atoms with Gasteiger partial charge in [0.25, 0.3) is 0 Å². The molecule has 0 atom stereocenters. The second-order valence-corrected chi connectivity index (χ2v) is 6.46. The number of nitriles is 1. The first kappa shape index (κ1) is 19.3. The quantitative estimate of drug-likeness (QED) is 0.436. The zero-order valence-corrected chi connectivity index (χ0v) is 15.1. The van der Waals surface area contributed by atoms with Gasteiger partial charge in [0.15, 0.2) is 0 Å². The van der Waals surface area contributed by atoms with Crippen LogP contribution in [-0.4, -0.2) is 11.2 Å². The minimum Gasteiger partial charge on any atom is -0.253 e. The van der Waals surface area contributed by atoms with Gasteiger partial charge in [0.1, 0.15) is 0 Å². The lowest BCUT2D eigenvalue weighted by molar-refractivity contribution is -0.137. The third-order valence-electron chi connectivity index (χ3n) is 3.64. The Kier molecular flexibility index (Phi) is 5.87. The van der Waals surface area contributed by atoms with E-state index in [1.807, 2.05) is 12.1 Å². The van der Waals surface area contributed by atoms with Gasteiger partial charge in [0.05, 0.1) is 22.9 Å². The molecule has 0 bridgehead atoms. The van der Waals surface area contributed by atoms with Crippen LogP contribution in [0.15, 0.2) is 65.1 Å². The van der Waals surface area contributed by atoms with E-state index in [4.69, 9.17) is 5.26 Å². The topological polar surface area (TPSA) is 61.1 Å². The number of hydrogen-bond donors (Lipinski definition) is 1. The summed E-state index contributed by atoms with van der Waals surface area (Å²) in [6, 6.07) is 14.1. The summed E-state index contributed by atoms with van der Waals surface area (Å²) in [5, 5.41) is 15.1. The molecule has 0 radical (unpaired) electrons. The molecular formula is C20H13F3N4S. The van der Waals surface area contributed by atoms with E-state index >= 15 is 0 Å². The van der Waals surface area contributed by atoms with Crippen molar-refractivity contribution in [1.82, 2.24) is 4.98 Å². The molecule has 0 aliphatic heterocycles. The van der Waals surface area contributed by atoms with Crippen molar-refractivity contribution in [3.05, 3.63) is 76.7 Å². The van der Waals surface area contributed by atoms with Crippen molar-refractivity contribution in [1.29, 1.82) is 5.26 Å². The summed E-state index contributed by atoms with van der Waals surface area (Å²) in [6.07, 6.45) is 0.707. The summed E-state index contributed by atoms with van der Waals surface area (Å²) in [4.78, 5) is 4.30. The van der Waals surface area contributed by atoms with Gasteiger partial charge in [0, 0.05) is 17.2 Å². The monoisotopic (exact) mass is 398 g/mol. The highest BCUT2D eigenvalue weighted by Crippen LogP contribution is 2.31. The number of hydrogen-bond acceptors (Lipinski definition) is 5. The highest BCUT2D eigenvalue weighted by atomic mass is 32.1. The average molecular weight is 398 g/mol. The molecule has 0 aliphatic carbocycles. The van der Waals surface area contributed by atoms with E-state index < -0.39 is 11.7 Å². The predicted molar refractivity (Wildman–Crippen MR) is 105 cm³/mol. The van der Waals surface area contributed by atoms with Gasteiger partial charge >= 0.3 is 6.18 Å². The van der Waals surface area contributed by atoms with Crippen LogP contribution in [0.3, 0.4) is 0 Å². The first-order valence-corrected chi connectivity index (χ1v) is 8.93. The van der Waals surface area contributed by atoms with E-state index in [1.165, 1.54) is 29.7 Å². The molecule has 0 fully saturated rings. The maximum absolute atomic E-state index is 12.6. The number of halogens is 3. The van der Waals surface area contributed by atoms with Crippen molar-refractivity contribution < 1.29 is 13.2 Å². The smallest absolute Gasteiger partial charge is 0.253 e. The van der Waals surface area contributed by atoms with Crippen LogP contribution in [0.1, 0.15) is 16.7 Å². The molecule has 0 spiro atoms. The number of thiazole rings is 1. The Morgan fingerprint density at radius 1 is 1.14 bits per heavy atom. The van der Waals surface area contributed by atoms with Crippen LogP contribution in [0.5, 0.6) is 0 Å². The molecular weight excluding hydrogens is 385 g/mol. The molecule has 28 heavy (non-hydrogen) atoms. The Bertz CT molecular complexity index is 1040. The molecule has 1 N–H and O–H groups in total. The first-order valence-electron chi connectivity index (χ1n) is 8.05. The van der Waals surface area contributed by atoms with Crippen molar-refractivity contribution >= 4 is 28.8 Å². The molecule has 3 aromatic rings.